The van der Waals surface area contributed by atoms with Crippen LogP contribution in [0, 0.1) is 25.2 Å². The molecule has 0 saturated heterocycles. The van der Waals surface area contributed by atoms with Gasteiger partial charge in [-0.15, -0.1) is 12.6 Å². The van der Waals surface area contributed by atoms with Crippen LogP contribution in [0.3, 0.4) is 0 Å². The molecule has 3 aromatic rings. The number of nitrogens with zero attached hydrogens (tertiary/aromatic N) is 2. The molecule has 1 aliphatic heterocycles. The summed E-state index contributed by atoms with van der Waals surface area (Å²) < 4.78 is 6.09. The van der Waals surface area contributed by atoms with Gasteiger partial charge < -0.3 is 14.6 Å². The van der Waals surface area contributed by atoms with Crippen molar-refractivity contribution in [3.05, 3.63) is 87.1 Å². The molecular formula is C23H18ClN3O2S. The highest BCUT2D eigenvalue weighted by molar-refractivity contribution is 7.84. The highest BCUT2D eigenvalue weighted by atomic mass is 35.5. The van der Waals surface area contributed by atoms with E-state index in [0.717, 1.165) is 22.4 Å². The van der Waals surface area contributed by atoms with Gasteiger partial charge in [0.15, 0.2) is 6.17 Å². The normalized spacial score (nSPS) is 16.4. The molecule has 2 heterocycles. The van der Waals surface area contributed by atoms with Crippen LogP contribution in [0.1, 0.15) is 23.1 Å². The molecule has 0 aliphatic carbocycles. The number of thiol groups is 1. The van der Waals surface area contributed by atoms with Crippen LogP contribution in [0.4, 0.5) is 5.69 Å². The molecule has 1 unspecified atom stereocenters. The van der Waals surface area contributed by atoms with Gasteiger partial charge >= 0.3 is 0 Å². The Morgan fingerprint density at radius 2 is 1.97 bits per heavy atom. The fourth-order valence-corrected chi connectivity index (χ4v) is 4.09. The molecule has 30 heavy (non-hydrogen) atoms. The molecule has 0 radical (unpaired) electrons. The summed E-state index contributed by atoms with van der Waals surface area (Å²) >= 11 is 10.6. The van der Waals surface area contributed by atoms with Gasteiger partial charge in [-0.2, -0.15) is 5.26 Å². The van der Waals surface area contributed by atoms with Gasteiger partial charge in [-0.1, -0.05) is 41.4 Å². The maximum atomic E-state index is 12.5. The highest BCUT2D eigenvalue weighted by Gasteiger charge is 2.36. The number of carbonyl (C=O) groups excluding carboxylic acids is 1. The zero-order chi connectivity index (χ0) is 21.4. The van der Waals surface area contributed by atoms with Crippen LogP contribution >= 0.6 is 24.2 Å². The number of hydrogen-bond acceptors (Lipinski definition) is 5. The van der Waals surface area contributed by atoms with Crippen LogP contribution in [-0.4, -0.2) is 5.91 Å². The molecule has 2 aromatic carbocycles. The van der Waals surface area contributed by atoms with E-state index in [1.807, 2.05) is 62.4 Å². The predicted molar refractivity (Wildman–Crippen MR) is 120 cm³/mol. The summed E-state index contributed by atoms with van der Waals surface area (Å²) in [6, 6.07) is 18.9. The first-order valence-corrected chi connectivity index (χ1v) is 10.1. The third kappa shape index (κ3) is 3.58. The zero-order valence-corrected chi connectivity index (χ0v) is 18.0. The quantitative estimate of drug-likeness (QED) is 0.531. The van der Waals surface area contributed by atoms with Crippen molar-refractivity contribution in [2.24, 2.45) is 0 Å². The largest absolute Gasteiger partial charge is 0.457 e. The lowest BCUT2D eigenvalue weighted by Gasteiger charge is -2.37. The summed E-state index contributed by atoms with van der Waals surface area (Å²) in [7, 11) is 0. The second kappa shape index (κ2) is 7.94. The van der Waals surface area contributed by atoms with E-state index in [1.165, 1.54) is 0 Å². The molecule has 1 aromatic heterocycles. The standard InChI is InChI=1S/C23H18ClN3O2S/c1-13-6-7-18(14(2)10-13)27-21(26-22(28)17(12-25)23(27)30)20-9-8-19(29-20)15-4-3-5-16(24)11-15/h3-11,21,30H,1-2H3,(H,26,28). The second-order valence-corrected chi connectivity index (χ2v) is 7.92. The first-order valence-electron chi connectivity index (χ1n) is 9.25. The first kappa shape index (κ1) is 20.1. The van der Waals surface area contributed by atoms with Crippen LogP contribution in [-0.2, 0) is 4.79 Å². The molecule has 1 amide bonds. The lowest BCUT2D eigenvalue weighted by molar-refractivity contribution is -0.118. The van der Waals surface area contributed by atoms with E-state index in [9.17, 15) is 10.1 Å². The fourth-order valence-electron chi connectivity index (χ4n) is 3.53. The Balaban J connectivity index is 1.82. The lowest BCUT2D eigenvalue weighted by Crippen LogP contribution is -2.46. The average molecular weight is 436 g/mol. The van der Waals surface area contributed by atoms with Crippen molar-refractivity contribution in [3.8, 4) is 17.4 Å². The maximum Gasteiger partial charge on any atom is 0.266 e. The number of nitriles is 1. The molecular weight excluding hydrogens is 418 g/mol. The third-order valence-corrected chi connectivity index (χ3v) is 5.61. The highest BCUT2D eigenvalue weighted by Crippen LogP contribution is 2.39. The average Bonchev–Trinajstić information content (AvgIpc) is 3.19. The Morgan fingerprint density at radius 1 is 1.17 bits per heavy atom. The van der Waals surface area contributed by atoms with Gasteiger partial charge in [-0.25, -0.2) is 0 Å². The van der Waals surface area contributed by atoms with Crippen molar-refractivity contribution in [2.45, 2.75) is 20.0 Å². The number of aryl methyl sites for hydroxylation is 2. The van der Waals surface area contributed by atoms with E-state index in [0.29, 0.717) is 16.5 Å². The van der Waals surface area contributed by atoms with E-state index in [4.69, 9.17) is 16.0 Å². The second-order valence-electron chi connectivity index (χ2n) is 7.06. The third-order valence-electron chi connectivity index (χ3n) is 4.93. The van der Waals surface area contributed by atoms with Crippen molar-refractivity contribution >= 4 is 35.8 Å². The molecule has 7 heteroatoms. The minimum absolute atomic E-state index is 0.0452. The monoisotopic (exact) mass is 435 g/mol. The van der Waals surface area contributed by atoms with Crippen LogP contribution in [0.5, 0.6) is 0 Å². The lowest BCUT2D eigenvalue weighted by atomic mass is 10.1. The number of nitrogens with one attached hydrogen (secondary N) is 1. The van der Waals surface area contributed by atoms with Crippen molar-refractivity contribution in [2.75, 3.05) is 4.90 Å². The summed E-state index contributed by atoms with van der Waals surface area (Å²) in [5, 5.41) is 13.2. The SMILES string of the molecule is Cc1ccc(N2C(S)=C(C#N)C(=O)NC2c2ccc(-c3cccc(Cl)c3)o2)c(C)c1. The van der Waals surface area contributed by atoms with Gasteiger partial charge in [0.25, 0.3) is 5.91 Å². The summed E-state index contributed by atoms with van der Waals surface area (Å²) in [6.07, 6.45) is -0.656. The molecule has 150 valence electrons. The number of halogens is 1. The summed E-state index contributed by atoms with van der Waals surface area (Å²) in [5.41, 5.74) is 3.70. The number of hydrogen-bond donors (Lipinski definition) is 2. The number of amides is 1. The minimum atomic E-state index is -0.656. The summed E-state index contributed by atoms with van der Waals surface area (Å²) in [4.78, 5) is 14.3. The Hall–Kier alpha value is -3.14. The number of carbonyl (C=O) groups is 1. The van der Waals surface area contributed by atoms with Gasteiger partial charge in [-0.3, -0.25) is 4.79 Å². The van der Waals surface area contributed by atoms with Crippen molar-refractivity contribution in [3.63, 3.8) is 0 Å². The molecule has 4 rings (SSSR count). The van der Waals surface area contributed by atoms with Crippen molar-refractivity contribution in [1.82, 2.24) is 5.32 Å². The van der Waals surface area contributed by atoms with Gasteiger partial charge in [0, 0.05) is 16.3 Å². The Labute approximate surface area is 185 Å². The molecule has 0 spiro atoms. The van der Waals surface area contributed by atoms with Crippen LogP contribution < -0.4 is 10.2 Å². The minimum Gasteiger partial charge on any atom is -0.457 e. The van der Waals surface area contributed by atoms with Crippen LogP contribution in [0.2, 0.25) is 5.02 Å². The molecule has 1 atom stereocenters. The smallest absolute Gasteiger partial charge is 0.266 e. The van der Waals surface area contributed by atoms with Crippen molar-refractivity contribution in [1.29, 1.82) is 5.26 Å². The molecule has 0 bridgehead atoms. The molecule has 5 nitrogen and oxygen atoms in total. The van der Waals surface area contributed by atoms with E-state index >= 15 is 0 Å². The van der Waals surface area contributed by atoms with E-state index in [1.54, 1.807) is 17.0 Å². The molecule has 0 fully saturated rings. The Morgan fingerprint density at radius 3 is 2.67 bits per heavy atom. The first-order chi connectivity index (χ1) is 14.4. The number of furan rings is 1. The molecule has 0 saturated carbocycles. The Kier molecular flexibility index (Phi) is 5.33. The van der Waals surface area contributed by atoms with E-state index in [2.05, 4.69) is 17.9 Å². The van der Waals surface area contributed by atoms with Crippen molar-refractivity contribution < 1.29 is 9.21 Å². The number of benzene rings is 2. The van der Waals surface area contributed by atoms with E-state index in [-0.39, 0.29) is 10.6 Å². The topological polar surface area (TPSA) is 69.3 Å². The van der Waals surface area contributed by atoms with Gasteiger partial charge in [-0.05, 0) is 49.7 Å². The molecule has 1 N–H and O–H groups in total. The maximum absolute atomic E-state index is 12.5. The van der Waals surface area contributed by atoms with E-state index < -0.39 is 12.1 Å². The number of anilines is 1. The molecule has 1 aliphatic rings. The number of rotatable bonds is 3. The summed E-state index contributed by atoms with van der Waals surface area (Å²) in [6.45, 7) is 3.98. The summed E-state index contributed by atoms with van der Waals surface area (Å²) in [5.74, 6) is 0.647. The Bertz CT molecular complexity index is 1230. The fraction of sp³-hybridized carbons (Fsp3) is 0.130. The van der Waals surface area contributed by atoms with Gasteiger partial charge in [0.05, 0.1) is 5.03 Å². The van der Waals surface area contributed by atoms with Crippen LogP contribution in [0.25, 0.3) is 11.3 Å². The zero-order valence-electron chi connectivity index (χ0n) is 16.3. The van der Waals surface area contributed by atoms with Gasteiger partial charge in [0.2, 0.25) is 0 Å². The predicted octanol–water partition coefficient (Wildman–Crippen LogP) is 5.52. The van der Waals surface area contributed by atoms with Crippen LogP contribution in [0.15, 0.2) is 69.6 Å². The van der Waals surface area contributed by atoms with Gasteiger partial charge in [0.1, 0.15) is 23.2 Å².